The van der Waals surface area contributed by atoms with Gasteiger partial charge in [-0.25, -0.2) is 0 Å². The lowest BCUT2D eigenvalue weighted by atomic mass is 10.1. The third-order valence-corrected chi connectivity index (χ3v) is 2.33. The van der Waals surface area contributed by atoms with E-state index in [0.717, 1.165) is 0 Å². The molecule has 3 N–H and O–H groups in total. The van der Waals surface area contributed by atoms with Crippen molar-refractivity contribution in [2.75, 3.05) is 13.1 Å². The Balaban J connectivity index is 0.00000324. The lowest BCUT2D eigenvalue weighted by Gasteiger charge is -2.11. The maximum Gasteiger partial charge on any atom is 0.387 e. The normalized spacial score (nSPS) is 11.6. The molecule has 0 saturated heterocycles. The molecular formula is C12H17ClF2N2O2. The van der Waals surface area contributed by atoms with Gasteiger partial charge in [-0.15, -0.1) is 12.4 Å². The second-order valence-corrected chi connectivity index (χ2v) is 3.96. The van der Waals surface area contributed by atoms with Crippen LogP contribution in [0.25, 0.3) is 0 Å². The Labute approximate surface area is 116 Å². The van der Waals surface area contributed by atoms with Crippen LogP contribution in [0, 0.1) is 5.92 Å². The average molecular weight is 295 g/mol. The molecule has 1 aromatic carbocycles. The molecule has 1 atom stereocenters. The zero-order chi connectivity index (χ0) is 13.5. The van der Waals surface area contributed by atoms with Gasteiger partial charge in [0, 0.05) is 12.1 Å². The lowest BCUT2D eigenvalue weighted by molar-refractivity contribution is -0.0498. The maximum atomic E-state index is 12.0. The van der Waals surface area contributed by atoms with Crippen LogP contribution in [0.1, 0.15) is 17.3 Å². The Hall–Kier alpha value is -1.40. The van der Waals surface area contributed by atoms with Crippen molar-refractivity contribution < 1.29 is 18.3 Å². The summed E-state index contributed by atoms with van der Waals surface area (Å²) in [5, 5.41) is 2.67. The number of hydrogen-bond acceptors (Lipinski definition) is 3. The Morgan fingerprint density at radius 2 is 2.16 bits per heavy atom. The molecule has 1 aromatic rings. The molecule has 108 valence electrons. The zero-order valence-corrected chi connectivity index (χ0v) is 11.3. The van der Waals surface area contributed by atoms with E-state index in [1.165, 1.54) is 24.3 Å². The summed E-state index contributed by atoms with van der Waals surface area (Å²) < 4.78 is 28.3. The first-order valence-electron chi connectivity index (χ1n) is 5.56. The number of carbonyl (C=O) groups excluding carboxylic acids is 1. The van der Waals surface area contributed by atoms with Crippen LogP contribution in [0.15, 0.2) is 24.3 Å². The monoisotopic (exact) mass is 294 g/mol. The number of halogens is 3. The van der Waals surface area contributed by atoms with Crippen LogP contribution >= 0.6 is 12.4 Å². The largest absolute Gasteiger partial charge is 0.435 e. The molecule has 7 heteroatoms. The van der Waals surface area contributed by atoms with Crippen molar-refractivity contribution in [3.63, 3.8) is 0 Å². The summed E-state index contributed by atoms with van der Waals surface area (Å²) in [5.41, 5.74) is 5.70. The number of rotatable bonds is 6. The van der Waals surface area contributed by atoms with E-state index >= 15 is 0 Å². The van der Waals surface area contributed by atoms with Crippen molar-refractivity contribution in [3.05, 3.63) is 29.8 Å². The molecule has 0 fully saturated rings. The summed E-state index contributed by atoms with van der Waals surface area (Å²) in [5.74, 6) is -0.214. The number of alkyl halides is 2. The highest BCUT2D eigenvalue weighted by molar-refractivity contribution is 5.94. The molecule has 0 spiro atoms. The predicted octanol–water partition coefficient (Wildman–Crippen LogP) is 2.03. The van der Waals surface area contributed by atoms with E-state index in [4.69, 9.17) is 5.73 Å². The Kier molecular flexibility index (Phi) is 8.02. The summed E-state index contributed by atoms with van der Waals surface area (Å²) in [7, 11) is 0. The van der Waals surface area contributed by atoms with Gasteiger partial charge in [0.05, 0.1) is 0 Å². The topological polar surface area (TPSA) is 64.3 Å². The highest BCUT2D eigenvalue weighted by atomic mass is 35.5. The minimum absolute atomic E-state index is 0. The summed E-state index contributed by atoms with van der Waals surface area (Å²) in [4.78, 5) is 11.7. The van der Waals surface area contributed by atoms with Crippen molar-refractivity contribution >= 4 is 18.3 Å². The predicted molar refractivity (Wildman–Crippen MR) is 70.9 cm³/mol. The van der Waals surface area contributed by atoms with Crippen LogP contribution < -0.4 is 15.8 Å². The summed E-state index contributed by atoms with van der Waals surface area (Å²) in [6.07, 6.45) is 0. The maximum absolute atomic E-state index is 12.0. The third-order valence-electron chi connectivity index (χ3n) is 2.33. The van der Waals surface area contributed by atoms with E-state index in [1.807, 2.05) is 6.92 Å². The van der Waals surface area contributed by atoms with Gasteiger partial charge in [-0.2, -0.15) is 8.78 Å². The molecule has 1 rings (SSSR count). The van der Waals surface area contributed by atoms with E-state index in [0.29, 0.717) is 13.1 Å². The second-order valence-electron chi connectivity index (χ2n) is 3.96. The van der Waals surface area contributed by atoms with E-state index < -0.39 is 6.61 Å². The van der Waals surface area contributed by atoms with E-state index in [9.17, 15) is 13.6 Å². The van der Waals surface area contributed by atoms with Crippen molar-refractivity contribution in [3.8, 4) is 5.75 Å². The smallest absolute Gasteiger partial charge is 0.387 e. The van der Waals surface area contributed by atoms with Crippen LogP contribution in [0.5, 0.6) is 5.75 Å². The van der Waals surface area contributed by atoms with Gasteiger partial charge in [0.2, 0.25) is 0 Å². The molecule has 0 aliphatic rings. The first-order chi connectivity index (χ1) is 8.52. The Morgan fingerprint density at radius 1 is 1.47 bits per heavy atom. The zero-order valence-electron chi connectivity index (χ0n) is 10.4. The quantitative estimate of drug-likeness (QED) is 0.844. The number of ether oxygens (including phenoxy) is 1. The minimum Gasteiger partial charge on any atom is -0.435 e. The van der Waals surface area contributed by atoms with E-state index in [2.05, 4.69) is 10.1 Å². The second kappa shape index (κ2) is 8.66. The number of nitrogens with two attached hydrogens (primary N) is 1. The number of carbonyl (C=O) groups is 1. The summed E-state index contributed by atoms with van der Waals surface area (Å²) in [6.45, 7) is -0.0960. The van der Waals surface area contributed by atoms with Gasteiger partial charge in [0.25, 0.3) is 5.91 Å². The number of nitrogens with one attached hydrogen (secondary N) is 1. The van der Waals surface area contributed by atoms with Crippen molar-refractivity contribution in [1.29, 1.82) is 0 Å². The molecule has 4 nitrogen and oxygen atoms in total. The fourth-order valence-electron chi connectivity index (χ4n) is 1.27. The lowest BCUT2D eigenvalue weighted by Crippen LogP contribution is -2.31. The summed E-state index contributed by atoms with van der Waals surface area (Å²) >= 11 is 0. The SMILES string of the molecule is CC(CN)CNC(=O)c1cccc(OC(F)F)c1.Cl. The van der Waals surface area contributed by atoms with Gasteiger partial charge in [0.1, 0.15) is 5.75 Å². The fourth-order valence-corrected chi connectivity index (χ4v) is 1.27. The molecule has 1 amide bonds. The molecule has 0 bridgehead atoms. The highest BCUT2D eigenvalue weighted by Crippen LogP contribution is 2.15. The molecule has 0 radical (unpaired) electrons. The van der Waals surface area contributed by atoms with Gasteiger partial charge in [0.15, 0.2) is 0 Å². The number of hydrogen-bond donors (Lipinski definition) is 2. The van der Waals surface area contributed by atoms with E-state index in [-0.39, 0.29) is 35.5 Å². The van der Waals surface area contributed by atoms with Crippen LogP contribution in [-0.2, 0) is 0 Å². The molecule has 0 aliphatic heterocycles. The highest BCUT2D eigenvalue weighted by Gasteiger charge is 2.10. The summed E-state index contributed by atoms with van der Waals surface area (Å²) in [6, 6.07) is 5.65. The van der Waals surface area contributed by atoms with Crippen molar-refractivity contribution in [1.82, 2.24) is 5.32 Å². The molecular weight excluding hydrogens is 278 g/mol. The molecule has 1 unspecified atom stereocenters. The van der Waals surface area contributed by atoms with Crippen LogP contribution in [0.4, 0.5) is 8.78 Å². The van der Waals surface area contributed by atoms with Gasteiger partial charge in [-0.3, -0.25) is 4.79 Å². The number of benzene rings is 1. The van der Waals surface area contributed by atoms with Crippen molar-refractivity contribution in [2.24, 2.45) is 11.7 Å². The first kappa shape index (κ1) is 17.6. The Bertz CT molecular complexity index is 405. The van der Waals surface area contributed by atoms with Gasteiger partial charge in [-0.05, 0) is 30.7 Å². The first-order valence-corrected chi connectivity index (χ1v) is 5.56. The average Bonchev–Trinajstić information content (AvgIpc) is 2.35. The molecule has 19 heavy (non-hydrogen) atoms. The molecule has 0 saturated carbocycles. The van der Waals surface area contributed by atoms with Crippen LogP contribution in [0.3, 0.4) is 0 Å². The minimum atomic E-state index is -2.90. The Morgan fingerprint density at radius 3 is 2.74 bits per heavy atom. The van der Waals surface area contributed by atoms with Crippen LogP contribution in [0.2, 0.25) is 0 Å². The molecule has 0 aromatic heterocycles. The number of amides is 1. The fraction of sp³-hybridized carbons (Fsp3) is 0.417. The van der Waals surface area contributed by atoms with Gasteiger partial charge >= 0.3 is 6.61 Å². The van der Waals surface area contributed by atoms with Crippen LogP contribution in [-0.4, -0.2) is 25.6 Å². The molecule has 0 aliphatic carbocycles. The van der Waals surface area contributed by atoms with Gasteiger partial charge in [-0.1, -0.05) is 13.0 Å². The van der Waals surface area contributed by atoms with Crippen molar-refractivity contribution in [2.45, 2.75) is 13.5 Å². The van der Waals surface area contributed by atoms with E-state index in [1.54, 1.807) is 0 Å². The molecule has 0 heterocycles. The third kappa shape index (κ3) is 6.35. The van der Waals surface area contributed by atoms with Gasteiger partial charge < -0.3 is 15.8 Å². The standard InChI is InChI=1S/C12H16F2N2O2.ClH/c1-8(6-15)7-16-11(17)9-3-2-4-10(5-9)18-12(13)14;/h2-5,8,12H,6-7,15H2,1H3,(H,16,17);1H.